The molecule has 3 aromatic rings. The van der Waals surface area contributed by atoms with Crippen molar-refractivity contribution < 1.29 is 23.1 Å². The number of carbonyl (C=O) groups excluding carboxylic acids is 2. The quantitative estimate of drug-likeness (QED) is 0.628. The zero-order valence-electron chi connectivity index (χ0n) is 14.8. The molecule has 0 spiro atoms. The zero-order chi connectivity index (χ0) is 20.1. The normalized spacial score (nSPS) is 11.7. The number of anilines is 1. The van der Waals surface area contributed by atoms with E-state index in [1.807, 2.05) is 0 Å². The number of rotatable bonds is 6. The van der Waals surface area contributed by atoms with Crippen LogP contribution >= 0.6 is 11.3 Å². The lowest BCUT2D eigenvalue weighted by Crippen LogP contribution is -2.30. The van der Waals surface area contributed by atoms with E-state index in [-0.39, 0.29) is 17.9 Å². The van der Waals surface area contributed by atoms with E-state index < -0.39 is 23.8 Å². The number of ether oxygens (including phenoxy) is 1. The van der Waals surface area contributed by atoms with Gasteiger partial charge in [-0.15, -0.1) is 11.3 Å². The molecule has 8 heteroatoms. The number of hydrogen-bond donors (Lipinski definition) is 1. The highest BCUT2D eigenvalue weighted by Crippen LogP contribution is 2.24. The minimum atomic E-state index is -1.05. The van der Waals surface area contributed by atoms with Crippen LogP contribution in [-0.4, -0.2) is 23.0 Å². The molecule has 0 aliphatic heterocycles. The van der Waals surface area contributed by atoms with Crippen molar-refractivity contribution in [2.75, 3.05) is 5.32 Å². The third-order valence-electron chi connectivity index (χ3n) is 3.74. The molecular formula is C20H16F2N2O3S. The summed E-state index contributed by atoms with van der Waals surface area (Å²) in [4.78, 5) is 28.5. The maximum absolute atomic E-state index is 13.2. The SMILES string of the molecule is C[C@@H](OC(=O)Cc1csc(-c2ccc(F)cc2)n1)C(=O)Nc1cccc(F)c1. The number of benzene rings is 2. The fourth-order valence-corrected chi connectivity index (χ4v) is 3.19. The van der Waals surface area contributed by atoms with Gasteiger partial charge in [-0.05, 0) is 49.4 Å². The van der Waals surface area contributed by atoms with Crippen LogP contribution in [0.1, 0.15) is 12.6 Å². The van der Waals surface area contributed by atoms with Gasteiger partial charge in [-0.3, -0.25) is 9.59 Å². The van der Waals surface area contributed by atoms with Crippen molar-refractivity contribution in [2.24, 2.45) is 0 Å². The van der Waals surface area contributed by atoms with Crippen LogP contribution in [0.5, 0.6) is 0 Å². The predicted octanol–water partition coefficient (Wildman–Crippen LogP) is 4.20. The molecule has 1 amide bonds. The summed E-state index contributed by atoms with van der Waals surface area (Å²) in [7, 11) is 0. The number of halogens is 2. The Labute approximate surface area is 164 Å². The zero-order valence-corrected chi connectivity index (χ0v) is 15.6. The minimum absolute atomic E-state index is 0.102. The molecule has 0 fully saturated rings. The van der Waals surface area contributed by atoms with Gasteiger partial charge in [0.2, 0.25) is 0 Å². The summed E-state index contributed by atoms with van der Waals surface area (Å²) in [6.45, 7) is 1.43. The maximum Gasteiger partial charge on any atom is 0.312 e. The molecule has 0 unspecified atom stereocenters. The predicted molar refractivity (Wildman–Crippen MR) is 102 cm³/mol. The van der Waals surface area contributed by atoms with Gasteiger partial charge in [0.1, 0.15) is 16.6 Å². The number of thiazole rings is 1. The number of carbonyl (C=O) groups is 2. The van der Waals surface area contributed by atoms with Gasteiger partial charge in [0, 0.05) is 16.6 Å². The molecule has 0 bridgehead atoms. The second kappa shape index (κ2) is 8.71. The van der Waals surface area contributed by atoms with Crippen molar-refractivity contribution in [3.8, 4) is 10.6 Å². The van der Waals surface area contributed by atoms with Crippen molar-refractivity contribution in [1.29, 1.82) is 0 Å². The van der Waals surface area contributed by atoms with E-state index in [1.54, 1.807) is 17.5 Å². The Balaban J connectivity index is 1.55. The van der Waals surface area contributed by atoms with Crippen molar-refractivity contribution in [2.45, 2.75) is 19.4 Å². The van der Waals surface area contributed by atoms with Gasteiger partial charge in [-0.1, -0.05) is 6.07 Å². The molecule has 0 saturated carbocycles. The van der Waals surface area contributed by atoms with Crippen molar-refractivity contribution in [3.63, 3.8) is 0 Å². The highest BCUT2D eigenvalue weighted by molar-refractivity contribution is 7.13. The van der Waals surface area contributed by atoms with Crippen molar-refractivity contribution in [1.82, 2.24) is 4.98 Å². The van der Waals surface area contributed by atoms with E-state index in [0.29, 0.717) is 10.7 Å². The lowest BCUT2D eigenvalue weighted by molar-refractivity contribution is -0.152. The van der Waals surface area contributed by atoms with Crippen LogP contribution in [0.4, 0.5) is 14.5 Å². The number of amides is 1. The van der Waals surface area contributed by atoms with E-state index in [1.165, 1.54) is 54.7 Å². The molecular weight excluding hydrogens is 386 g/mol. The topological polar surface area (TPSA) is 68.3 Å². The summed E-state index contributed by atoms with van der Waals surface area (Å²) in [6, 6.07) is 11.3. The summed E-state index contributed by atoms with van der Waals surface area (Å²) >= 11 is 1.32. The summed E-state index contributed by atoms with van der Waals surface area (Å²) in [5.74, 6) is -2.00. The molecule has 0 radical (unpaired) electrons. The number of esters is 1. The standard InChI is InChI=1S/C20H16F2N2O3S/c1-12(19(26)23-16-4-2-3-15(22)9-16)27-18(25)10-17-11-28-20(24-17)13-5-7-14(21)8-6-13/h2-9,11-12H,10H2,1H3,(H,23,26)/t12-/m1/s1. The van der Waals surface area contributed by atoms with Crippen molar-refractivity contribution >= 4 is 28.9 Å². The van der Waals surface area contributed by atoms with Gasteiger partial charge in [-0.25, -0.2) is 13.8 Å². The average molecular weight is 402 g/mol. The van der Waals surface area contributed by atoms with Crippen LogP contribution in [0.15, 0.2) is 53.9 Å². The van der Waals surface area contributed by atoms with E-state index in [2.05, 4.69) is 10.3 Å². The van der Waals surface area contributed by atoms with Crippen LogP contribution < -0.4 is 5.32 Å². The van der Waals surface area contributed by atoms with Gasteiger partial charge in [0.25, 0.3) is 5.91 Å². The Hall–Kier alpha value is -3.13. The highest BCUT2D eigenvalue weighted by atomic mass is 32.1. The molecule has 144 valence electrons. The first-order valence-electron chi connectivity index (χ1n) is 8.37. The molecule has 0 aliphatic carbocycles. The molecule has 1 atom stereocenters. The number of hydrogen-bond acceptors (Lipinski definition) is 5. The average Bonchev–Trinajstić information content (AvgIpc) is 3.10. The van der Waals surface area contributed by atoms with Crippen LogP contribution in [0.25, 0.3) is 10.6 Å². The molecule has 0 aliphatic rings. The van der Waals surface area contributed by atoms with Gasteiger partial charge >= 0.3 is 5.97 Å². The third-order valence-corrected chi connectivity index (χ3v) is 4.68. The van der Waals surface area contributed by atoms with E-state index >= 15 is 0 Å². The van der Waals surface area contributed by atoms with Crippen molar-refractivity contribution in [3.05, 3.63) is 71.2 Å². The molecule has 3 rings (SSSR count). The summed E-state index contributed by atoms with van der Waals surface area (Å²) in [6.07, 6.45) is -1.15. The van der Waals surface area contributed by atoms with Gasteiger partial charge in [0.15, 0.2) is 6.10 Å². The number of nitrogens with one attached hydrogen (secondary N) is 1. The summed E-state index contributed by atoms with van der Waals surface area (Å²) in [5.41, 5.74) is 1.51. The molecule has 1 N–H and O–H groups in total. The second-order valence-electron chi connectivity index (χ2n) is 5.96. The van der Waals surface area contributed by atoms with E-state index in [9.17, 15) is 18.4 Å². The number of nitrogens with zero attached hydrogens (tertiary/aromatic N) is 1. The Morgan fingerprint density at radius 2 is 1.89 bits per heavy atom. The number of aromatic nitrogens is 1. The molecule has 0 saturated heterocycles. The summed E-state index contributed by atoms with van der Waals surface area (Å²) < 4.78 is 31.3. The fourth-order valence-electron chi connectivity index (χ4n) is 2.36. The van der Waals surface area contributed by atoms with E-state index in [4.69, 9.17) is 4.74 Å². The summed E-state index contributed by atoms with van der Waals surface area (Å²) in [5, 5.41) is 4.84. The lowest BCUT2D eigenvalue weighted by atomic mass is 10.2. The van der Waals surface area contributed by atoms with Crippen LogP contribution in [0, 0.1) is 11.6 Å². The maximum atomic E-state index is 13.2. The Bertz CT molecular complexity index is 989. The largest absolute Gasteiger partial charge is 0.452 e. The van der Waals surface area contributed by atoms with Crippen LogP contribution in [0.2, 0.25) is 0 Å². The fraction of sp³-hybridized carbons (Fsp3) is 0.150. The lowest BCUT2D eigenvalue weighted by Gasteiger charge is -2.13. The third kappa shape index (κ3) is 5.20. The smallest absolute Gasteiger partial charge is 0.312 e. The molecule has 1 heterocycles. The molecule has 1 aromatic heterocycles. The van der Waals surface area contributed by atoms with Gasteiger partial charge in [-0.2, -0.15) is 0 Å². The Morgan fingerprint density at radius 1 is 1.14 bits per heavy atom. The first kappa shape index (κ1) is 19.6. The minimum Gasteiger partial charge on any atom is -0.452 e. The second-order valence-corrected chi connectivity index (χ2v) is 6.82. The molecule has 5 nitrogen and oxygen atoms in total. The van der Waals surface area contributed by atoms with Crippen LogP contribution in [-0.2, 0) is 20.7 Å². The van der Waals surface area contributed by atoms with Gasteiger partial charge in [0.05, 0.1) is 12.1 Å². The van der Waals surface area contributed by atoms with Crippen LogP contribution in [0.3, 0.4) is 0 Å². The molecule has 2 aromatic carbocycles. The van der Waals surface area contributed by atoms with Gasteiger partial charge < -0.3 is 10.1 Å². The Morgan fingerprint density at radius 3 is 2.61 bits per heavy atom. The van der Waals surface area contributed by atoms with E-state index in [0.717, 1.165) is 5.56 Å². The Kier molecular flexibility index (Phi) is 6.10. The highest BCUT2D eigenvalue weighted by Gasteiger charge is 2.19. The first-order valence-corrected chi connectivity index (χ1v) is 9.25. The monoisotopic (exact) mass is 402 g/mol. The molecule has 28 heavy (non-hydrogen) atoms. The first-order chi connectivity index (χ1) is 13.4.